The molecule has 50 heavy (non-hydrogen) atoms. The number of furan rings is 1. The van der Waals surface area contributed by atoms with Gasteiger partial charge in [0.05, 0.1) is 5.69 Å². The van der Waals surface area contributed by atoms with Crippen molar-refractivity contribution in [2.75, 3.05) is 9.71 Å². The van der Waals surface area contributed by atoms with Crippen molar-refractivity contribution in [3.05, 3.63) is 163 Å². The first-order valence-electron chi connectivity index (χ1n) is 17.5. The Morgan fingerprint density at radius 3 is 2.02 bits per heavy atom. The molecule has 7 aromatic carbocycles. The Balaban J connectivity index is 1.28. The molecule has 0 radical (unpaired) electrons. The average Bonchev–Trinajstić information content (AvgIpc) is 3.54. The summed E-state index contributed by atoms with van der Waals surface area (Å²) in [4.78, 5) is 5.07. The highest BCUT2D eigenvalue weighted by atomic mass is 16.3. The van der Waals surface area contributed by atoms with Crippen LogP contribution in [0.4, 0.5) is 28.4 Å². The van der Waals surface area contributed by atoms with E-state index in [1.165, 1.54) is 55.9 Å². The van der Waals surface area contributed by atoms with Crippen LogP contribution in [0.2, 0.25) is 0 Å². The van der Waals surface area contributed by atoms with Crippen molar-refractivity contribution >= 4 is 68.1 Å². The van der Waals surface area contributed by atoms with Crippen molar-refractivity contribution in [1.82, 2.24) is 0 Å². The molecule has 0 fully saturated rings. The van der Waals surface area contributed by atoms with Gasteiger partial charge in [0.15, 0.2) is 0 Å². The maximum absolute atomic E-state index is 6.46. The monoisotopic (exact) mass is 642 g/mol. The predicted molar refractivity (Wildman–Crippen MR) is 212 cm³/mol. The zero-order chi connectivity index (χ0) is 33.6. The standard InChI is InChI=1S/C46H35BN2O/c1-46(2,3)31-24-26-32(27-25-31)49-37-20-10-7-16-33(37)34-18-13-22-40-45(34)47(49)36-19-9-11-21-38(36)48(40)39-28-29-42-44(35-17-8-12-23-41(35)50-42)43(39)30-14-5-4-6-15-30/h4-29H,1-3H3. The van der Waals surface area contributed by atoms with Crippen LogP contribution in [0.3, 0.4) is 0 Å². The molecule has 0 aliphatic carbocycles. The molecule has 2 aliphatic heterocycles. The average molecular weight is 643 g/mol. The van der Waals surface area contributed by atoms with Gasteiger partial charge in [-0.15, -0.1) is 0 Å². The smallest absolute Gasteiger partial charge is 0.333 e. The van der Waals surface area contributed by atoms with Crippen molar-refractivity contribution in [1.29, 1.82) is 0 Å². The summed E-state index contributed by atoms with van der Waals surface area (Å²) < 4.78 is 6.46. The van der Waals surface area contributed by atoms with Gasteiger partial charge in [-0.3, -0.25) is 0 Å². The molecule has 4 heteroatoms. The Morgan fingerprint density at radius 2 is 1.20 bits per heavy atom. The van der Waals surface area contributed by atoms with E-state index in [9.17, 15) is 0 Å². The van der Waals surface area contributed by atoms with Crippen LogP contribution in [-0.4, -0.2) is 6.85 Å². The summed E-state index contributed by atoms with van der Waals surface area (Å²) in [7, 11) is 0. The van der Waals surface area contributed by atoms with E-state index in [-0.39, 0.29) is 12.3 Å². The Labute approximate surface area is 293 Å². The second kappa shape index (κ2) is 10.8. The Bertz CT molecular complexity index is 2600. The summed E-state index contributed by atoms with van der Waals surface area (Å²) in [5.41, 5.74) is 16.6. The van der Waals surface area contributed by atoms with E-state index in [1.54, 1.807) is 0 Å². The quantitative estimate of drug-likeness (QED) is 0.179. The number of para-hydroxylation sites is 3. The molecule has 0 spiro atoms. The molecule has 0 unspecified atom stereocenters. The topological polar surface area (TPSA) is 19.6 Å². The number of hydrogen-bond acceptors (Lipinski definition) is 3. The van der Waals surface area contributed by atoms with Gasteiger partial charge in [-0.2, -0.15) is 0 Å². The van der Waals surface area contributed by atoms with E-state index in [0.717, 1.165) is 33.2 Å². The molecule has 8 aromatic rings. The number of rotatable bonds is 3. The minimum atomic E-state index is -0.0114. The Kier molecular flexibility index (Phi) is 6.23. The molecule has 0 saturated heterocycles. The normalized spacial score (nSPS) is 13.4. The first-order chi connectivity index (χ1) is 24.5. The fraction of sp³-hybridized carbons (Fsp3) is 0.0870. The van der Waals surface area contributed by atoms with Crippen LogP contribution in [0.1, 0.15) is 26.3 Å². The highest BCUT2D eigenvalue weighted by Crippen LogP contribution is 2.50. The second-order valence-electron chi connectivity index (χ2n) is 14.5. The largest absolute Gasteiger partial charge is 0.456 e. The zero-order valence-electron chi connectivity index (χ0n) is 28.4. The first kappa shape index (κ1) is 29.0. The summed E-state index contributed by atoms with van der Waals surface area (Å²) in [6, 6.07) is 57.5. The van der Waals surface area contributed by atoms with E-state index in [1.807, 2.05) is 6.07 Å². The van der Waals surface area contributed by atoms with Crippen LogP contribution in [0.5, 0.6) is 0 Å². The van der Waals surface area contributed by atoms with Crippen LogP contribution >= 0.6 is 0 Å². The van der Waals surface area contributed by atoms with E-state index in [0.29, 0.717) is 0 Å². The molecular formula is C46H35BN2O. The van der Waals surface area contributed by atoms with Crippen LogP contribution < -0.4 is 20.6 Å². The van der Waals surface area contributed by atoms with Crippen molar-refractivity contribution < 1.29 is 4.42 Å². The zero-order valence-corrected chi connectivity index (χ0v) is 28.4. The second-order valence-corrected chi connectivity index (χ2v) is 14.5. The third-order valence-corrected chi connectivity index (χ3v) is 10.6. The Morgan fingerprint density at radius 1 is 0.520 bits per heavy atom. The molecule has 0 atom stereocenters. The van der Waals surface area contributed by atoms with Crippen molar-refractivity contribution in [2.45, 2.75) is 26.2 Å². The first-order valence-corrected chi connectivity index (χ1v) is 17.5. The van der Waals surface area contributed by atoms with Gasteiger partial charge in [0.25, 0.3) is 0 Å². The predicted octanol–water partition coefficient (Wildman–Crippen LogP) is 11.3. The summed E-state index contributed by atoms with van der Waals surface area (Å²) in [5.74, 6) is 0. The lowest BCUT2D eigenvalue weighted by Gasteiger charge is -2.46. The molecule has 1 aromatic heterocycles. The molecule has 0 N–H and O–H groups in total. The maximum Gasteiger partial charge on any atom is 0.333 e. The molecule has 3 heterocycles. The van der Waals surface area contributed by atoms with E-state index >= 15 is 0 Å². The van der Waals surface area contributed by atoms with Gasteiger partial charge in [0.2, 0.25) is 0 Å². The van der Waals surface area contributed by atoms with Crippen LogP contribution in [0.15, 0.2) is 162 Å². The third kappa shape index (κ3) is 4.18. The fourth-order valence-corrected chi connectivity index (χ4v) is 8.36. The lowest BCUT2D eigenvalue weighted by molar-refractivity contribution is 0.590. The van der Waals surface area contributed by atoms with Crippen LogP contribution in [0, 0.1) is 0 Å². The van der Waals surface area contributed by atoms with Crippen LogP contribution in [-0.2, 0) is 5.41 Å². The molecule has 2 aliphatic rings. The van der Waals surface area contributed by atoms with Gasteiger partial charge in [-0.1, -0.05) is 130 Å². The Hall–Kier alpha value is -6.00. The molecular weight excluding hydrogens is 607 g/mol. The number of fused-ring (bicyclic) bond motifs is 7. The minimum absolute atomic E-state index is 0.0114. The highest BCUT2D eigenvalue weighted by Gasteiger charge is 2.45. The molecule has 3 nitrogen and oxygen atoms in total. The van der Waals surface area contributed by atoms with Crippen molar-refractivity contribution in [2.24, 2.45) is 0 Å². The third-order valence-electron chi connectivity index (χ3n) is 10.6. The molecule has 0 saturated carbocycles. The molecule has 0 amide bonds. The summed E-state index contributed by atoms with van der Waals surface area (Å²) in [6.45, 7) is 6.82. The van der Waals surface area contributed by atoms with Gasteiger partial charge in [-0.05, 0) is 81.6 Å². The number of benzene rings is 7. The van der Waals surface area contributed by atoms with Crippen LogP contribution in [0.25, 0.3) is 44.2 Å². The minimum Gasteiger partial charge on any atom is -0.456 e. The SMILES string of the molecule is CC(C)(C)c1ccc(N2B3c4ccccc4N(c4ccc5oc6ccccc6c5c4-c4ccccc4)c4cccc(c43)-c3ccccc32)cc1. The number of nitrogens with zero attached hydrogens (tertiary/aromatic N) is 2. The summed E-state index contributed by atoms with van der Waals surface area (Å²) in [6.07, 6.45) is 0. The maximum atomic E-state index is 6.46. The van der Waals surface area contributed by atoms with Gasteiger partial charge in [-0.25, -0.2) is 0 Å². The van der Waals surface area contributed by atoms with E-state index < -0.39 is 0 Å². The van der Waals surface area contributed by atoms with E-state index in [2.05, 4.69) is 182 Å². The van der Waals surface area contributed by atoms with Gasteiger partial charge in [0.1, 0.15) is 11.2 Å². The van der Waals surface area contributed by atoms with Gasteiger partial charge >= 0.3 is 6.85 Å². The van der Waals surface area contributed by atoms with Gasteiger partial charge in [0, 0.05) is 44.6 Å². The highest BCUT2D eigenvalue weighted by molar-refractivity contribution is 6.93. The summed E-state index contributed by atoms with van der Waals surface area (Å²) in [5, 5.41) is 2.26. The van der Waals surface area contributed by atoms with Crippen molar-refractivity contribution in [3.8, 4) is 22.3 Å². The fourth-order valence-electron chi connectivity index (χ4n) is 8.36. The number of anilines is 5. The molecule has 10 rings (SSSR count). The lowest BCUT2D eigenvalue weighted by Crippen LogP contribution is -2.61. The summed E-state index contributed by atoms with van der Waals surface area (Å²) >= 11 is 0. The molecule has 238 valence electrons. The number of hydrogen-bond donors (Lipinski definition) is 0. The van der Waals surface area contributed by atoms with Gasteiger partial charge < -0.3 is 14.1 Å². The molecule has 0 bridgehead atoms. The lowest BCUT2D eigenvalue weighted by atomic mass is 9.43. The van der Waals surface area contributed by atoms with Crippen molar-refractivity contribution in [3.63, 3.8) is 0 Å². The van der Waals surface area contributed by atoms with E-state index in [4.69, 9.17) is 4.42 Å².